The number of methoxy groups -OCH3 is 1. The third-order valence-electron chi connectivity index (χ3n) is 2.65. The molecule has 1 aromatic carbocycles. The molecule has 0 aliphatic heterocycles. The first-order valence-corrected chi connectivity index (χ1v) is 5.08. The molecule has 0 radical (unpaired) electrons. The molecule has 1 heterocycles. The summed E-state index contributed by atoms with van der Waals surface area (Å²) in [6.07, 6.45) is 2.29. The van der Waals surface area contributed by atoms with Gasteiger partial charge >= 0.3 is 0 Å². The van der Waals surface area contributed by atoms with Gasteiger partial charge in [0, 0.05) is 36.4 Å². The van der Waals surface area contributed by atoms with E-state index in [-0.39, 0.29) is 6.10 Å². The fourth-order valence-electron chi connectivity index (χ4n) is 1.73. The summed E-state index contributed by atoms with van der Waals surface area (Å²) in [6.45, 7) is 2.92. The average molecular weight is 204 g/mol. The lowest BCUT2D eigenvalue weighted by molar-refractivity contribution is 0.104. The van der Waals surface area contributed by atoms with Gasteiger partial charge in [-0.15, -0.1) is 0 Å². The quantitative estimate of drug-likeness (QED) is 0.779. The second-order valence-electron chi connectivity index (χ2n) is 3.83. The van der Waals surface area contributed by atoms with E-state index in [9.17, 15) is 0 Å². The molecule has 15 heavy (non-hydrogen) atoms. The fraction of sp³-hybridized carbons (Fsp3) is 0.333. The highest BCUT2D eigenvalue weighted by atomic mass is 16.5. The second-order valence-corrected chi connectivity index (χ2v) is 3.83. The van der Waals surface area contributed by atoms with Crippen LogP contribution in [0.3, 0.4) is 0 Å². The van der Waals surface area contributed by atoms with Gasteiger partial charge in [-0.25, -0.2) is 0 Å². The van der Waals surface area contributed by atoms with Crippen molar-refractivity contribution in [1.82, 2.24) is 4.57 Å². The first-order valence-electron chi connectivity index (χ1n) is 5.08. The van der Waals surface area contributed by atoms with Crippen LogP contribution in [0.15, 0.2) is 30.5 Å². The Labute approximate surface area is 89.4 Å². The summed E-state index contributed by atoms with van der Waals surface area (Å²) in [4.78, 5) is 0. The molecule has 2 N–H and O–H groups in total. The van der Waals surface area contributed by atoms with Gasteiger partial charge in [-0.3, -0.25) is 0 Å². The van der Waals surface area contributed by atoms with E-state index < -0.39 is 0 Å². The van der Waals surface area contributed by atoms with E-state index in [2.05, 4.69) is 23.8 Å². The summed E-state index contributed by atoms with van der Waals surface area (Å²) in [5.74, 6) is 0. The number of hydrogen-bond donors (Lipinski definition) is 1. The molecule has 2 aromatic rings. The lowest BCUT2D eigenvalue weighted by Gasteiger charge is -2.11. The molecule has 0 bridgehead atoms. The van der Waals surface area contributed by atoms with Crippen LogP contribution in [0.4, 0.5) is 5.69 Å². The lowest BCUT2D eigenvalue weighted by Crippen LogP contribution is -2.13. The number of hydrogen-bond acceptors (Lipinski definition) is 2. The Morgan fingerprint density at radius 1 is 1.40 bits per heavy atom. The van der Waals surface area contributed by atoms with Crippen molar-refractivity contribution in [2.45, 2.75) is 19.6 Å². The number of nitrogen functional groups attached to an aromatic ring is 1. The Kier molecular flexibility index (Phi) is 2.64. The molecule has 0 aliphatic carbocycles. The number of aromatic nitrogens is 1. The van der Waals surface area contributed by atoms with Gasteiger partial charge < -0.3 is 15.0 Å². The standard InChI is InChI=1S/C12H16N2O/c1-9(15-2)8-14-6-5-10-7-11(13)3-4-12(10)14/h3-7,9H,8,13H2,1-2H3. The monoisotopic (exact) mass is 204 g/mol. The Bertz CT molecular complexity index is 462. The van der Waals surface area contributed by atoms with Crippen LogP contribution in [0.25, 0.3) is 10.9 Å². The smallest absolute Gasteiger partial charge is 0.0722 e. The van der Waals surface area contributed by atoms with Crippen molar-refractivity contribution >= 4 is 16.6 Å². The van der Waals surface area contributed by atoms with Crippen LogP contribution in [0.5, 0.6) is 0 Å². The second kappa shape index (κ2) is 3.95. The molecule has 0 amide bonds. The molecular weight excluding hydrogens is 188 g/mol. The van der Waals surface area contributed by atoms with Crippen LogP contribution in [0.2, 0.25) is 0 Å². The number of anilines is 1. The molecule has 80 valence electrons. The van der Waals surface area contributed by atoms with Crippen molar-refractivity contribution in [2.24, 2.45) is 0 Å². The summed E-state index contributed by atoms with van der Waals surface area (Å²) >= 11 is 0. The minimum atomic E-state index is 0.221. The Morgan fingerprint density at radius 2 is 2.20 bits per heavy atom. The maximum Gasteiger partial charge on any atom is 0.0722 e. The van der Waals surface area contributed by atoms with Gasteiger partial charge in [0.1, 0.15) is 0 Å². The van der Waals surface area contributed by atoms with Crippen LogP contribution < -0.4 is 5.73 Å². The molecule has 0 spiro atoms. The first-order chi connectivity index (χ1) is 7.20. The number of rotatable bonds is 3. The number of fused-ring (bicyclic) bond motifs is 1. The van der Waals surface area contributed by atoms with Crippen molar-refractivity contribution in [3.8, 4) is 0 Å². The predicted molar refractivity (Wildman–Crippen MR) is 62.8 cm³/mol. The van der Waals surface area contributed by atoms with Crippen molar-refractivity contribution in [3.05, 3.63) is 30.5 Å². The number of benzene rings is 1. The van der Waals surface area contributed by atoms with Gasteiger partial charge in [0.2, 0.25) is 0 Å². The van der Waals surface area contributed by atoms with E-state index in [0.29, 0.717) is 0 Å². The average Bonchev–Trinajstić information content (AvgIpc) is 2.60. The van der Waals surface area contributed by atoms with E-state index in [1.165, 1.54) is 10.9 Å². The number of nitrogens with zero attached hydrogens (tertiary/aromatic N) is 1. The lowest BCUT2D eigenvalue weighted by atomic mass is 10.2. The summed E-state index contributed by atoms with van der Waals surface area (Å²) in [6, 6.07) is 8.04. The molecule has 1 unspecified atom stereocenters. The van der Waals surface area contributed by atoms with Gasteiger partial charge in [-0.1, -0.05) is 0 Å². The summed E-state index contributed by atoms with van der Waals surface area (Å²) in [5, 5.41) is 1.18. The van der Waals surface area contributed by atoms with E-state index >= 15 is 0 Å². The minimum absolute atomic E-state index is 0.221. The summed E-state index contributed by atoms with van der Waals surface area (Å²) in [7, 11) is 1.73. The first kappa shape index (κ1) is 10.1. The Morgan fingerprint density at radius 3 is 2.93 bits per heavy atom. The van der Waals surface area contributed by atoms with Gasteiger partial charge in [-0.2, -0.15) is 0 Å². The largest absolute Gasteiger partial charge is 0.399 e. The molecular formula is C12H16N2O. The number of ether oxygens (including phenoxy) is 1. The minimum Gasteiger partial charge on any atom is -0.399 e. The predicted octanol–water partition coefficient (Wildman–Crippen LogP) is 2.26. The van der Waals surface area contributed by atoms with Crippen molar-refractivity contribution in [2.75, 3.05) is 12.8 Å². The molecule has 0 saturated heterocycles. The van der Waals surface area contributed by atoms with E-state index in [1.807, 2.05) is 18.2 Å². The zero-order valence-electron chi connectivity index (χ0n) is 9.10. The van der Waals surface area contributed by atoms with Crippen molar-refractivity contribution in [1.29, 1.82) is 0 Å². The fourth-order valence-corrected chi connectivity index (χ4v) is 1.73. The third-order valence-corrected chi connectivity index (χ3v) is 2.65. The summed E-state index contributed by atoms with van der Waals surface area (Å²) in [5.41, 5.74) is 7.73. The zero-order valence-corrected chi connectivity index (χ0v) is 9.10. The topological polar surface area (TPSA) is 40.2 Å². The highest BCUT2D eigenvalue weighted by Gasteiger charge is 2.04. The molecule has 0 saturated carbocycles. The third kappa shape index (κ3) is 1.97. The van der Waals surface area contributed by atoms with E-state index in [0.717, 1.165) is 12.2 Å². The molecule has 1 atom stereocenters. The summed E-state index contributed by atoms with van der Waals surface area (Å²) < 4.78 is 7.43. The molecule has 3 nitrogen and oxygen atoms in total. The van der Waals surface area contributed by atoms with Crippen molar-refractivity contribution < 1.29 is 4.74 Å². The van der Waals surface area contributed by atoms with Crippen LogP contribution in [0.1, 0.15) is 6.92 Å². The van der Waals surface area contributed by atoms with E-state index in [1.54, 1.807) is 7.11 Å². The maximum atomic E-state index is 5.73. The van der Waals surface area contributed by atoms with Crippen LogP contribution >= 0.6 is 0 Å². The Balaban J connectivity index is 2.36. The molecule has 3 heteroatoms. The maximum absolute atomic E-state index is 5.73. The van der Waals surface area contributed by atoms with Crippen LogP contribution in [0, 0.1) is 0 Å². The van der Waals surface area contributed by atoms with Crippen LogP contribution in [-0.2, 0) is 11.3 Å². The van der Waals surface area contributed by atoms with E-state index in [4.69, 9.17) is 10.5 Å². The highest BCUT2D eigenvalue weighted by Crippen LogP contribution is 2.19. The SMILES string of the molecule is COC(C)Cn1ccc2cc(N)ccc21. The van der Waals surface area contributed by atoms with Crippen LogP contribution in [-0.4, -0.2) is 17.8 Å². The van der Waals surface area contributed by atoms with Gasteiger partial charge in [0.25, 0.3) is 0 Å². The zero-order chi connectivity index (χ0) is 10.8. The molecule has 0 aliphatic rings. The molecule has 2 rings (SSSR count). The number of nitrogens with two attached hydrogens (primary N) is 1. The normalized spacial score (nSPS) is 13.2. The van der Waals surface area contributed by atoms with Crippen molar-refractivity contribution in [3.63, 3.8) is 0 Å². The van der Waals surface area contributed by atoms with Gasteiger partial charge in [0.05, 0.1) is 6.10 Å². The van der Waals surface area contributed by atoms with Gasteiger partial charge in [-0.05, 0) is 31.2 Å². The highest BCUT2D eigenvalue weighted by molar-refractivity contribution is 5.83. The molecule has 1 aromatic heterocycles. The molecule has 0 fully saturated rings. The van der Waals surface area contributed by atoms with Gasteiger partial charge in [0.15, 0.2) is 0 Å². The Hall–Kier alpha value is -1.48.